The van der Waals surface area contributed by atoms with Gasteiger partial charge in [-0.25, -0.2) is 4.98 Å². The Balaban J connectivity index is 1.37. The minimum absolute atomic E-state index is 0.322. The normalized spacial score (nSPS) is 17.0. The molecule has 1 fully saturated rings. The van der Waals surface area contributed by atoms with Crippen LogP contribution in [0.15, 0.2) is 29.6 Å². The van der Waals surface area contributed by atoms with Gasteiger partial charge in [-0.05, 0) is 31.2 Å². The van der Waals surface area contributed by atoms with Gasteiger partial charge in [0.15, 0.2) is 0 Å². The average Bonchev–Trinajstić information content (AvgIpc) is 3.12. The summed E-state index contributed by atoms with van der Waals surface area (Å²) >= 11 is 1.68. The molecule has 0 radical (unpaired) electrons. The summed E-state index contributed by atoms with van der Waals surface area (Å²) in [7, 11) is 0. The van der Waals surface area contributed by atoms with Crippen LogP contribution in [-0.2, 0) is 13.1 Å². The number of β-amino-alcohol motifs (C(OH)–C–C–N with tert-alkyl or cyclic N) is 1. The fourth-order valence-electron chi connectivity index (χ4n) is 3.40. The van der Waals surface area contributed by atoms with Gasteiger partial charge in [-0.2, -0.15) is 0 Å². The van der Waals surface area contributed by atoms with Crippen molar-refractivity contribution in [3.05, 3.63) is 45.9 Å². The Morgan fingerprint density at radius 3 is 2.71 bits per heavy atom. The predicted octanol–water partition coefficient (Wildman–Crippen LogP) is 2.12. The average molecular weight is 405 g/mol. The standard InChI is InChI=1S/C21H32N4O2S/c1-3-24-7-9-25(10-8-24)14-20(26)15-27-21-6-4-5-18(11-21)12-22-13-19-16-28-17(2)23-19/h4-6,11,16,20,22,26H,3,7-10,12-15H2,1-2H3/t20-/m1/s1. The Bertz CT molecular complexity index is 716. The first-order valence-corrected chi connectivity index (χ1v) is 11.0. The van der Waals surface area contributed by atoms with Gasteiger partial charge in [-0.1, -0.05) is 19.1 Å². The van der Waals surface area contributed by atoms with Crippen molar-refractivity contribution >= 4 is 11.3 Å². The second-order valence-corrected chi connectivity index (χ2v) is 8.37. The van der Waals surface area contributed by atoms with E-state index in [2.05, 4.69) is 38.5 Å². The first kappa shape index (κ1) is 21.2. The fraction of sp³-hybridized carbons (Fsp3) is 0.571. The summed E-state index contributed by atoms with van der Waals surface area (Å²) < 4.78 is 5.83. The number of thiazole rings is 1. The molecule has 1 aromatic carbocycles. The lowest BCUT2D eigenvalue weighted by Crippen LogP contribution is -2.49. The van der Waals surface area contributed by atoms with E-state index >= 15 is 0 Å². The number of nitrogens with one attached hydrogen (secondary N) is 1. The quantitative estimate of drug-likeness (QED) is 0.633. The maximum absolute atomic E-state index is 10.3. The molecule has 0 amide bonds. The molecule has 1 saturated heterocycles. The number of rotatable bonds is 10. The van der Waals surface area contributed by atoms with Crippen molar-refractivity contribution in [1.82, 2.24) is 20.1 Å². The summed E-state index contributed by atoms with van der Waals surface area (Å²) in [4.78, 5) is 9.22. The lowest BCUT2D eigenvalue weighted by molar-refractivity contribution is 0.0471. The van der Waals surface area contributed by atoms with Gasteiger partial charge in [0, 0.05) is 51.2 Å². The lowest BCUT2D eigenvalue weighted by Gasteiger charge is -2.34. The Kier molecular flexibility index (Phi) is 8.24. The topological polar surface area (TPSA) is 60.9 Å². The highest BCUT2D eigenvalue weighted by molar-refractivity contribution is 7.09. The zero-order valence-electron chi connectivity index (χ0n) is 16.9. The number of ether oxygens (including phenoxy) is 1. The van der Waals surface area contributed by atoms with E-state index < -0.39 is 6.10 Å². The van der Waals surface area contributed by atoms with Gasteiger partial charge in [-0.3, -0.25) is 4.90 Å². The molecule has 3 rings (SSSR count). The smallest absolute Gasteiger partial charge is 0.119 e. The molecule has 0 unspecified atom stereocenters. The number of aliphatic hydroxyl groups is 1. The zero-order valence-corrected chi connectivity index (χ0v) is 17.7. The Labute approximate surface area is 172 Å². The van der Waals surface area contributed by atoms with Gasteiger partial charge in [0.2, 0.25) is 0 Å². The number of aryl methyl sites for hydroxylation is 1. The summed E-state index contributed by atoms with van der Waals surface area (Å²) in [6.45, 7) is 12.0. The van der Waals surface area contributed by atoms with E-state index in [0.717, 1.165) is 67.8 Å². The van der Waals surface area contributed by atoms with Crippen LogP contribution in [0.25, 0.3) is 0 Å². The van der Waals surface area contributed by atoms with E-state index in [1.54, 1.807) is 11.3 Å². The van der Waals surface area contributed by atoms with E-state index in [-0.39, 0.29) is 0 Å². The summed E-state index contributed by atoms with van der Waals surface area (Å²) in [6.07, 6.45) is -0.470. The minimum Gasteiger partial charge on any atom is -0.491 e. The number of nitrogens with zero attached hydrogens (tertiary/aromatic N) is 3. The summed E-state index contributed by atoms with van der Waals surface area (Å²) in [6, 6.07) is 8.05. The van der Waals surface area contributed by atoms with Crippen molar-refractivity contribution < 1.29 is 9.84 Å². The molecule has 1 aromatic heterocycles. The Morgan fingerprint density at radius 1 is 1.21 bits per heavy atom. The zero-order chi connectivity index (χ0) is 19.8. The highest BCUT2D eigenvalue weighted by atomic mass is 32.1. The number of piperazine rings is 1. The maximum atomic E-state index is 10.3. The second-order valence-electron chi connectivity index (χ2n) is 7.31. The molecule has 2 N–H and O–H groups in total. The number of hydrogen-bond acceptors (Lipinski definition) is 7. The molecule has 154 valence electrons. The number of aromatic nitrogens is 1. The molecule has 1 aliphatic heterocycles. The van der Waals surface area contributed by atoms with Gasteiger partial charge in [0.05, 0.1) is 10.7 Å². The van der Waals surface area contributed by atoms with E-state index in [4.69, 9.17) is 4.74 Å². The fourth-order valence-corrected chi connectivity index (χ4v) is 4.01. The number of likely N-dealkylation sites (N-methyl/N-ethyl adjacent to an activating group) is 1. The van der Waals surface area contributed by atoms with Crippen LogP contribution in [0.2, 0.25) is 0 Å². The van der Waals surface area contributed by atoms with Gasteiger partial charge in [-0.15, -0.1) is 11.3 Å². The van der Waals surface area contributed by atoms with E-state index in [1.807, 2.05) is 25.1 Å². The van der Waals surface area contributed by atoms with Crippen LogP contribution in [-0.4, -0.2) is 71.9 Å². The molecule has 1 atom stereocenters. The van der Waals surface area contributed by atoms with Crippen molar-refractivity contribution in [2.75, 3.05) is 45.9 Å². The molecule has 1 aliphatic rings. The number of benzene rings is 1. The van der Waals surface area contributed by atoms with Crippen LogP contribution >= 0.6 is 11.3 Å². The van der Waals surface area contributed by atoms with Gasteiger partial charge in [0.1, 0.15) is 18.5 Å². The van der Waals surface area contributed by atoms with Gasteiger partial charge >= 0.3 is 0 Å². The largest absolute Gasteiger partial charge is 0.491 e. The third kappa shape index (κ3) is 6.83. The SMILES string of the molecule is CCN1CCN(C[C@@H](O)COc2cccc(CNCc3csc(C)n3)c2)CC1. The molecular weight excluding hydrogens is 372 g/mol. The predicted molar refractivity (Wildman–Crippen MR) is 114 cm³/mol. The summed E-state index contributed by atoms with van der Waals surface area (Å²) in [5.74, 6) is 0.804. The van der Waals surface area contributed by atoms with Crippen LogP contribution in [0, 0.1) is 6.92 Å². The Morgan fingerprint density at radius 2 is 2.00 bits per heavy atom. The van der Waals surface area contributed by atoms with Crippen molar-refractivity contribution in [1.29, 1.82) is 0 Å². The van der Waals surface area contributed by atoms with Gasteiger partial charge in [0.25, 0.3) is 0 Å². The van der Waals surface area contributed by atoms with E-state index in [0.29, 0.717) is 13.2 Å². The van der Waals surface area contributed by atoms with Crippen molar-refractivity contribution in [3.8, 4) is 5.75 Å². The van der Waals surface area contributed by atoms with Crippen LogP contribution in [0.4, 0.5) is 0 Å². The lowest BCUT2D eigenvalue weighted by atomic mass is 10.2. The second kappa shape index (κ2) is 10.9. The number of hydrogen-bond donors (Lipinski definition) is 2. The summed E-state index contributed by atoms with van der Waals surface area (Å²) in [5.41, 5.74) is 2.24. The van der Waals surface area contributed by atoms with Crippen LogP contribution in [0.5, 0.6) is 5.75 Å². The van der Waals surface area contributed by atoms with Crippen molar-refractivity contribution in [2.45, 2.75) is 33.0 Å². The molecule has 2 heterocycles. The molecule has 28 heavy (non-hydrogen) atoms. The molecule has 7 heteroatoms. The maximum Gasteiger partial charge on any atom is 0.119 e. The molecule has 0 spiro atoms. The molecule has 0 saturated carbocycles. The van der Waals surface area contributed by atoms with E-state index in [9.17, 15) is 5.11 Å². The minimum atomic E-state index is -0.470. The highest BCUT2D eigenvalue weighted by Crippen LogP contribution is 2.14. The first-order valence-electron chi connectivity index (χ1n) is 10.1. The highest BCUT2D eigenvalue weighted by Gasteiger charge is 2.18. The number of aliphatic hydroxyl groups excluding tert-OH is 1. The molecule has 0 aliphatic carbocycles. The van der Waals surface area contributed by atoms with E-state index in [1.165, 1.54) is 0 Å². The van der Waals surface area contributed by atoms with Crippen molar-refractivity contribution in [3.63, 3.8) is 0 Å². The third-order valence-corrected chi connectivity index (χ3v) is 5.85. The molecule has 0 bridgehead atoms. The van der Waals surface area contributed by atoms with Crippen LogP contribution in [0.3, 0.4) is 0 Å². The van der Waals surface area contributed by atoms with Crippen LogP contribution < -0.4 is 10.1 Å². The molecular formula is C21H32N4O2S. The summed E-state index contributed by atoms with van der Waals surface area (Å²) in [5, 5.41) is 16.9. The first-order chi connectivity index (χ1) is 13.6. The molecule has 2 aromatic rings. The van der Waals surface area contributed by atoms with Crippen molar-refractivity contribution in [2.24, 2.45) is 0 Å². The third-order valence-electron chi connectivity index (χ3n) is 5.02. The molecule has 6 nitrogen and oxygen atoms in total. The van der Waals surface area contributed by atoms with Gasteiger partial charge < -0.3 is 20.1 Å². The Hall–Kier alpha value is -1.51. The monoisotopic (exact) mass is 404 g/mol. The van der Waals surface area contributed by atoms with Crippen LogP contribution in [0.1, 0.15) is 23.2 Å².